The molecule has 3 heteroatoms. The molecule has 0 saturated carbocycles. The first kappa shape index (κ1) is 14.3. The summed E-state index contributed by atoms with van der Waals surface area (Å²) in [6, 6.07) is 4.63. The molecule has 3 aliphatic rings. The molecule has 1 aromatic rings. The number of rotatable bonds is 1. The van der Waals surface area contributed by atoms with Crippen molar-refractivity contribution in [3.8, 4) is 5.75 Å². The van der Waals surface area contributed by atoms with Gasteiger partial charge in [0.05, 0.1) is 6.21 Å². The molecule has 0 aromatic heterocycles. The SMILES string of the molecule is CC(C)C1C=NOc2c1ccc1c2CC2(CNC2)CC1(C)C. The van der Waals surface area contributed by atoms with Gasteiger partial charge in [0.15, 0.2) is 5.75 Å². The van der Waals surface area contributed by atoms with E-state index < -0.39 is 0 Å². The van der Waals surface area contributed by atoms with Gasteiger partial charge in [-0.2, -0.15) is 0 Å². The fourth-order valence-electron chi connectivity index (χ4n) is 4.78. The van der Waals surface area contributed by atoms with Crippen LogP contribution >= 0.6 is 0 Å². The number of nitrogens with zero attached hydrogens (tertiary/aromatic N) is 1. The van der Waals surface area contributed by atoms with Crippen LogP contribution in [0.15, 0.2) is 17.3 Å². The topological polar surface area (TPSA) is 33.6 Å². The third-order valence-corrected chi connectivity index (χ3v) is 5.83. The number of hydrogen-bond acceptors (Lipinski definition) is 3. The second kappa shape index (κ2) is 4.58. The van der Waals surface area contributed by atoms with Crippen LogP contribution < -0.4 is 10.2 Å². The van der Waals surface area contributed by atoms with Crippen molar-refractivity contribution in [2.75, 3.05) is 13.1 Å². The lowest BCUT2D eigenvalue weighted by atomic mass is 9.58. The number of benzene rings is 1. The Morgan fingerprint density at radius 3 is 2.68 bits per heavy atom. The standard InChI is InChI=1S/C19H26N2O/c1-12(2)15-8-21-22-17-13(15)5-6-16-14(17)7-19(10-20-11-19)9-18(16,3)4/h5-6,8,12,15,20H,7,9-11H2,1-4H3. The largest absolute Gasteiger partial charge is 0.357 e. The van der Waals surface area contributed by atoms with E-state index in [1.807, 2.05) is 6.21 Å². The maximum Gasteiger partial charge on any atom is 0.165 e. The molecule has 4 rings (SSSR count). The normalized spacial score (nSPS) is 27.0. The Morgan fingerprint density at radius 1 is 1.27 bits per heavy atom. The van der Waals surface area contributed by atoms with Gasteiger partial charge in [-0.25, -0.2) is 0 Å². The fraction of sp³-hybridized carbons (Fsp3) is 0.632. The van der Waals surface area contributed by atoms with E-state index >= 15 is 0 Å². The second-order valence-corrected chi connectivity index (χ2v) is 8.47. The monoisotopic (exact) mass is 298 g/mol. The molecule has 1 aromatic carbocycles. The zero-order valence-corrected chi connectivity index (χ0v) is 14.1. The van der Waals surface area contributed by atoms with Gasteiger partial charge in [-0.05, 0) is 29.7 Å². The first-order chi connectivity index (χ1) is 10.4. The molecular formula is C19H26N2O. The van der Waals surface area contributed by atoms with Gasteiger partial charge in [-0.1, -0.05) is 45.0 Å². The molecule has 1 spiro atoms. The predicted octanol–water partition coefficient (Wildman–Crippen LogP) is 3.62. The van der Waals surface area contributed by atoms with Crippen LogP contribution in [0.25, 0.3) is 0 Å². The summed E-state index contributed by atoms with van der Waals surface area (Å²) < 4.78 is 0. The van der Waals surface area contributed by atoms with E-state index in [0.717, 1.165) is 25.3 Å². The van der Waals surface area contributed by atoms with Crippen LogP contribution in [0, 0.1) is 11.3 Å². The third-order valence-electron chi connectivity index (χ3n) is 5.83. The lowest BCUT2D eigenvalue weighted by Crippen LogP contribution is -2.58. The summed E-state index contributed by atoms with van der Waals surface area (Å²) in [5.41, 5.74) is 4.83. The van der Waals surface area contributed by atoms with Crippen molar-refractivity contribution in [3.63, 3.8) is 0 Å². The molecule has 0 amide bonds. The zero-order chi connectivity index (χ0) is 15.5. The highest BCUT2D eigenvalue weighted by Gasteiger charge is 2.48. The van der Waals surface area contributed by atoms with E-state index in [2.05, 4.69) is 50.3 Å². The Morgan fingerprint density at radius 2 is 2.05 bits per heavy atom. The van der Waals surface area contributed by atoms with Crippen molar-refractivity contribution < 1.29 is 4.84 Å². The summed E-state index contributed by atoms with van der Waals surface area (Å²) >= 11 is 0. The van der Waals surface area contributed by atoms with Crippen LogP contribution in [-0.4, -0.2) is 19.3 Å². The van der Waals surface area contributed by atoms with Gasteiger partial charge in [-0.15, -0.1) is 0 Å². The number of nitrogens with one attached hydrogen (secondary N) is 1. The molecule has 0 bridgehead atoms. The number of oxime groups is 1. The number of hydrogen-bond donors (Lipinski definition) is 1. The molecule has 0 radical (unpaired) electrons. The Hall–Kier alpha value is -1.35. The van der Waals surface area contributed by atoms with Crippen molar-refractivity contribution in [1.82, 2.24) is 5.32 Å². The van der Waals surface area contributed by atoms with Gasteiger partial charge >= 0.3 is 0 Å². The van der Waals surface area contributed by atoms with E-state index in [1.165, 1.54) is 23.1 Å². The lowest BCUT2D eigenvalue weighted by Gasteiger charge is -2.52. The van der Waals surface area contributed by atoms with Crippen molar-refractivity contribution >= 4 is 6.21 Å². The average molecular weight is 298 g/mol. The maximum atomic E-state index is 5.81. The van der Waals surface area contributed by atoms with E-state index in [9.17, 15) is 0 Å². The average Bonchev–Trinajstić information content (AvgIpc) is 2.43. The highest BCUT2D eigenvalue weighted by Crippen LogP contribution is 2.52. The highest BCUT2D eigenvalue weighted by atomic mass is 16.6. The molecular weight excluding hydrogens is 272 g/mol. The second-order valence-electron chi connectivity index (χ2n) is 8.47. The molecule has 1 atom stereocenters. The molecule has 118 valence electrons. The summed E-state index contributed by atoms with van der Waals surface area (Å²) in [6.45, 7) is 11.5. The van der Waals surface area contributed by atoms with E-state index in [0.29, 0.717) is 17.3 Å². The minimum Gasteiger partial charge on any atom is -0.357 e. The summed E-state index contributed by atoms with van der Waals surface area (Å²) in [6.07, 6.45) is 4.35. The van der Waals surface area contributed by atoms with Gasteiger partial charge < -0.3 is 10.2 Å². The van der Waals surface area contributed by atoms with Crippen molar-refractivity contribution in [1.29, 1.82) is 0 Å². The Kier molecular flexibility index (Phi) is 2.96. The van der Waals surface area contributed by atoms with Crippen molar-refractivity contribution in [3.05, 3.63) is 28.8 Å². The predicted molar refractivity (Wildman–Crippen MR) is 89.8 cm³/mol. The van der Waals surface area contributed by atoms with Crippen LogP contribution in [0.5, 0.6) is 5.75 Å². The molecule has 1 unspecified atom stereocenters. The van der Waals surface area contributed by atoms with Crippen LogP contribution in [0.3, 0.4) is 0 Å². The van der Waals surface area contributed by atoms with Crippen LogP contribution in [0.1, 0.15) is 56.7 Å². The van der Waals surface area contributed by atoms with Crippen LogP contribution in [0.2, 0.25) is 0 Å². The smallest absolute Gasteiger partial charge is 0.165 e. The van der Waals surface area contributed by atoms with Crippen LogP contribution in [-0.2, 0) is 11.8 Å². The summed E-state index contributed by atoms with van der Waals surface area (Å²) in [7, 11) is 0. The Balaban J connectivity index is 1.86. The quantitative estimate of drug-likeness (QED) is 0.859. The Bertz CT molecular complexity index is 641. The van der Waals surface area contributed by atoms with Gasteiger partial charge in [0.1, 0.15) is 0 Å². The van der Waals surface area contributed by atoms with Crippen LogP contribution in [0.4, 0.5) is 0 Å². The molecule has 2 heterocycles. The lowest BCUT2D eigenvalue weighted by molar-refractivity contribution is 0.102. The summed E-state index contributed by atoms with van der Waals surface area (Å²) in [5.74, 6) is 1.97. The minimum absolute atomic E-state index is 0.211. The van der Waals surface area contributed by atoms with E-state index in [-0.39, 0.29) is 5.41 Å². The Labute approximate surface area is 133 Å². The van der Waals surface area contributed by atoms with E-state index in [1.54, 1.807) is 0 Å². The first-order valence-corrected chi connectivity index (χ1v) is 8.49. The molecule has 3 nitrogen and oxygen atoms in total. The molecule has 22 heavy (non-hydrogen) atoms. The highest BCUT2D eigenvalue weighted by molar-refractivity contribution is 5.73. The maximum absolute atomic E-state index is 5.81. The first-order valence-electron chi connectivity index (χ1n) is 8.49. The third kappa shape index (κ3) is 1.95. The number of fused-ring (bicyclic) bond motifs is 3. The molecule has 1 aliphatic carbocycles. The van der Waals surface area contributed by atoms with Crippen molar-refractivity contribution in [2.45, 2.75) is 51.9 Å². The summed E-state index contributed by atoms with van der Waals surface area (Å²) in [5, 5.41) is 7.70. The van der Waals surface area contributed by atoms with Gasteiger partial charge in [0.2, 0.25) is 0 Å². The molecule has 1 fully saturated rings. The fourth-order valence-corrected chi connectivity index (χ4v) is 4.78. The zero-order valence-electron chi connectivity index (χ0n) is 14.1. The molecule has 1 N–H and O–H groups in total. The molecule has 1 saturated heterocycles. The molecule has 2 aliphatic heterocycles. The van der Waals surface area contributed by atoms with Gasteiger partial charge in [-0.3, -0.25) is 0 Å². The van der Waals surface area contributed by atoms with Gasteiger partial charge in [0, 0.05) is 35.5 Å². The summed E-state index contributed by atoms with van der Waals surface area (Å²) in [4.78, 5) is 5.81. The van der Waals surface area contributed by atoms with Crippen molar-refractivity contribution in [2.24, 2.45) is 16.5 Å². The van der Waals surface area contributed by atoms with Gasteiger partial charge in [0.25, 0.3) is 0 Å². The minimum atomic E-state index is 0.211. The van der Waals surface area contributed by atoms with E-state index in [4.69, 9.17) is 4.84 Å².